The van der Waals surface area contributed by atoms with E-state index >= 15 is 0 Å². The van der Waals surface area contributed by atoms with Crippen molar-refractivity contribution in [3.8, 4) is 0 Å². The average Bonchev–Trinajstić information content (AvgIpc) is 2.76. The average molecular weight is 487 g/mol. The van der Waals surface area contributed by atoms with Crippen LogP contribution in [0.1, 0.15) is 51.4 Å². The number of carboxylic acids is 1. The number of allylic oxidation sites excluding steroid dienone is 1. The Balaban J connectivity index is 0. The van der Waals surface area contributed by atoms with Crippen molar-refractivity contribution in [3.05, 3.63) is 12.7 Å². The summed E-state index contributed by atoms with van der Waals surface area (Å²) in [6.07, 6.45) is 9.83. The summed E-state index contributed by atoms with van der Waals surface area (Å²) in [5, 5.41) is 10.1. The third-order valence-corrected chi connectivity index (χ3v) is 4.27. The molecule has 0 amide bonds. The number of unbranched alkanes of at least 4 members (excludes halogenated alkanes) is 6. The quantitative estimate of drug-likeness (QED) is 0.236. The smallest absolute Gasteiger partial charge is 0.550 e. The number of hydrogen-bond donors (Lipinski definition) is 0. The van der Waals surface area contributed by atoms with Gasteiger partial charge in [0, 0.05) is 5.97 Å². The van der Waals surface area contributed by atoms with Crippen LogP contribution in [0.25, 0.3) is 0 Å². The summed E-state index contributed by atoms with van der Waals surface area (Å²) in [7, 11) is 0. The van der Waals surface area contributed by atoms with Gasteiger partial charge in [-0.1, -0.05) is 31.8 Å². The van der Waals surface area contributed by atoms with E-state index in [0.29, 0.717) is 79.3 Å². The fourth-order valence-corrected chi connectivity index (χ4v) is 2.58. The van der Waals surface area contributed by atoms with Crippen LogP contribution in [0.5, 0.6) is 0 Å². The first-order chi connectivity index (χ1) is 15.3. The fraction of sp³-hybridized carbons (Fsp3) is 0.870. The van der Waals surface area contributed by atoms with E-state index in [9.17, 15) is 9.90 Å². The molecular weight excluding hydrogens is 443 g/mol. The van der Waals surface area contributed by atoms with E-state index in [1.54, 1.807) is 0 Å². The summed E-state index contributed by atoms with van der Waals surface area (Å²) in [5.41, 5.74) is 0. The minimum absolute atomic E-state index is 0. The maximum atomic E-state index is 10.1. The van der Waals surface area contributed by atoms with Crippen LogP contribution >= 0.6 is 0 Å². The number of rotatable bonds is 9. The molecule has 0 bridgehead atoms. The van der Waals surface area contributed by atoms with Crippen LogP contribution < -0.4 is 56.5 Å². The Kier molecular flexibility index (Phi) is 34.3. The molecule has 32 heavy (non-hydrogen) atoms. The Hall–Kier alpha value is 0.606. The van der Waals surface area contributed by atoms with Gasteiger partial charge < -0.3 is 38.3 Å². The molecular formula is C23H43KO8. The molecule has 1 aliphatic heterocycles. The number of carbonyl (C=O) groups is 1. The van der Waals surface area contributed by atoms with Crippen molar-refractivity contribution in [2.45, 2.75) is 51.4 Å². The van der Waals surface area contributed by atoms with Crippen molar-refractivity contribution in [1.82, 2.24) is 0 Å². The maximum Gasteiger partial charge on any atom is 1.00 e. The Labute approximate surface area is 237 Å². The molecule has 0 aromatic heterocycles. The maximum absolute atomic E-state index is 10.1. The standard InChI is InChI=1S/C12H24O6.C11H20O2.K/c1-2-14-5-6-16-9-10-18-12-11-17-8-7-15-4-3-13-1;1-2-3-4-5-6-7-8-9-10-11(12)13;/h1-12H2;2H,1,3-10H2,(H,12,13);/q;;+1/p-1. The largest absolute Gasteiger partial charge is 1.00 e. The van der Waals surface area contributed by atoms with Crippen LogP contribution in [0.15, 0.2) is 12.7 Å². The molecule has 0 saturated carbocycles. The second kappa shape index (κ2) is 31.6. The van der Waals surface area contributed by atoms with Crippen LogP contribution in [-0.2, 0) is 33.2 Å². The zero-order valence-electron chi connectivity index (χ0n) is 20.2. The van der Waals surface area contributed by atoms with Crippen molar-refractivity contribution in [1.29, 1.82) is 0 Å². The van der Waals surface area contributed by atoms with Gasteiger partial charge in [-0.2, -0.15) is 0 Å². The Morgan fingerprint density at radius 3 is 1.16 bits per heavy atom. The number of hydrogen-bond acceptors (Lipinski definition) is 8. The van der Waals surface area contributed by atoms with Gasteiger partial charge in [-0.05, 0) is 25.7 Å². The molecule has 184 valence electrons. The van der Waals surface area contributed by atoms with Gasteiger partial charge in [0.2, 0.25) is 0 Å². The predicted molar refractivity (Wildman–Crippen MR) is 117 cm³/mol. The molecule has 0 aromatic rings. The van der Waals surface area contributed by atoms with Crippen molar-refractivity contribution in [3.63, 3.8) is 0 Å². The van der Waals surface area contributed by atoms with E-state index < -0.39 is 5.97 Å². The van der Waals surface area contributed by atoms with E-state index in [-0.39, 0.29) is 57.8 Å². The van der Waals surface area contributed by atoms with Crippen molar-refractivity contribution < 1.29 is 89.7 Å². The van der Waals surface area contributed by atoms with E-state index in [0.717, 1.165) is 25.7 Å². The summed E-state index contributed by atoms with van der Waals surface area (Å²) in [6, 6.07) is 0. The predicted octanol–water partition coefficient (Wildman–Crippen LogP) is -0.853. The summed E-state index contributed by atoms with van der Waals surface area (Å²) < 4.78 is 32.0. The van der Waals surface area contributed by atoms with Crippen LogP contribution in [0.3, 0.4) is 0 Å². The molecule has 1 saturated heterocycles. The van der Waals surface area contributed by atoms with Gasteiger partial charge in [0.15, 0.2) is 0 Å². The van der Waals surface area contributed by atoms with Crippen LogP contribution in [0.4, 0.5) is 0 Å². The Morgan fingerprint density at radius 2 is 0.875 bits per heavy atom. The van der Waals surface area contributed by atoms with Crippen molar-refractivity contribution in [2.75, 3.05) is 79.3 Å². The molecule has 0 atom stereocenters. The molecule has 0 spiro atoms. The van der Waals surface area contributed by atoms with Gasteiger partial charge in [-0.3, -0.25) is 0 Å². The first-order valence-electron chi connectivity index (χ1n) is 11.5. The summed E-state index contributed by atoms with van der Waals surface area (Å²) >= 11 is 0. The molecule has 8 nitrogen and oxygen atoms in total. The molecule has 1 heterocycles. The molecule has 0 radical (unpaired) electrons. The Bertz CT molecular complexity index is 310. The van der Waals surface area contributed by atoms with E-state index in [4.69, 9.17) is 28.4 Å². The number of carboxylic acid groups (broad SMARTS) is 1. The van der Waals surface area contributed by atoms with Gasteiger partial charge in [0.1, 0.15) is 0 Å². The summed E-state index contributed by atoms with van der Waals surface area (Å²) in [6.45, 7) is 10.7. The summed E-state index contributed by atoms with van der Waals surface area (Å²) in [4.78, 5) is 10.1. The van der Waals surface area contributed by atoms with Gasteiger partial charge in [0.25, 0.3) is 0 Å². The van der Waals surface area contributed by atoms with Crippen LogP contribution in [0, 0.1) is 0 Å². The van der Waals surface area contributed by atoms with Gasteiger partial charge in [0.05, 0.1) is 79.3 Å². The van der Waals surface area contributed by atoms with E-state index in [1.807, 2.05) is 6.08 Å². The summed E-state index contributed by atoms with van der Waals surface area (Å²) in [5.74, 6) is -0.924. The SMILES string of the molecule is C1COCCOCCOCCOCCOCCO1.C=CCCCCCCCCC(=O)[O-].[K+]. The van der Waals surface area contributed by atoms with Crippen LogP contribution in [0.2, 0.25) is 0 Å². The minimum Gasteiger partial charge on any atom is -0.550 e. The molecule has 0 N–H and O–H groups in total. The first kappa shape index (κ1) is 34.8. The number of aliphatic carboxylic acids is 1. The zero-order valence-corrected chi connectivity index (χ0v) is 23.3. The molecule has 0 aliphatic carbocycles. The van der Waals surface area contributed by atoms with Gasteiger partial charge >= 0.3 is 51.4 Å². The normalized spacial score (nSPS) is 17.5. The van der Waals surface area contributed by atoms with Crippen molar-refractivity contribution in [2.24, 2.45) is 0 Å². The third kappa shape index (κ3) is 32.8. The molecule has 1 aliphatic rings. The topological polar surface area (TPSA) is 95.5 Å². The van der Waals surface area contributed by atoms with E-state index in [2.05, 4.69) is 6.58 Å². The van der Waals surface area contributed by atoms with E-state index in [1.165, 1.54) is 19.3 Å². The fourth-order valence-electron chi connectivity index (χ4n) is 2.58. The second-order valence-electron chi connectivity index (χ2n) is 6.99. The Morgan fingerprint density at radius 1 is 0.594 bits per heavy atom. The monoisotopic (exact) mass is 486 g/mol. The van der Waals surface area contributed by atoms with Gasteiger partial charge in [-0.15, -0.1) is 6.58 Å². The molecule has 1 rings (SSSR count). The van der Waals surface area contributed by atoms with Gasteiger partial charge in [-0.25, -0.2) is 0 Å². The minimum atomic E-state index is -0.924. The third-order valence-electron chi connectivity index (χ3n) is 4.27. The molecule has 0 unspecified atom stereocenters. The van der Waals surface area contributed by atoms with Crippen LogP contribution in [-0.4, -0.2) is 85.3 Å². The molecule has 1 fully saturated rings. The zero-order chi connectivity index (χ0) is 22.7. The number of carbonyl (C=O) groups excluding carboxylic acids is 1. The second-order valence-corrected chi connectivity index (χ2v) is 6.99. The van der Waals surface area contributed by atoms with Crippen molar-refractivity contribution >= 4 is 5.97 Å². The first-order valence-corrected chi connectivity index (χ1v) is 11.5. The number of ether oxygens (including phenoxy) is 6. The molecule has 9 heteroatoms. The molecule has 0 aromatic carbocycles.